The summed E-state index contributed by atoms with van der Waals surface area (Å²) in [6.07, 6.45) is 7.11. The summed E-state index contributed by atoms with van der Waals surface area (Å²) in [5, 5.41) is 4.19. The van der Waals surface area contributed by atoms with Crippen LogP contribution in [0.15, 0.2) is 42.7 Å². The molecule has 0 saturated carbocycles. The van der Waals surface area contributed by atoms with Crippen LogP contribution >= 0.6 is 0 Å². The number of rotatable bonds is 7. The minimum atomic E-state index is 0.271. The van der Waals surface area contributed by atoms with Crippen LogP contribution in [0.1, 0.15) is 30.7 Å². The lowest BCUT2D eigenvalue weighted by atomic mass is 9.91. The number of aldehydes is 1. The largest absolute Gasteiger partial charge is 0.330 e. The van der Waals surface area contributed by atoms with Crippen LogP contribution < -0.4 is 5.73 Å². The molecule has 4 heteroatoms. The first-order chi connectivity index (χ1) is 9.35. The molecule has 1 unspecified atom stereocenters. The van der Waals surface area contributed by atoms with Gasteiger partial charge in [-0.3, -0.25) is 0 Å². The summed E-state index contributed by atoms with van der Waals surface area (Å²) in [5.74, 6) is 0.271. The Bertz CT molecular complexity index is 491. The van der Waals surface area contributed by atoms with Crippen LogP contribution in [0.3, 0.4) is 0 Å². The Kier molecular flexibility index (Phi) is 4.86. The molecule has 1 atom stereocenters. The number of carbonyl (C=O) groups is 1. The average molecular weight is 257 g/mol. The first-order valence-corrected chi connectivity index (χ1v) is 6.59. The van der Waals surface area contributed by atoms with Gasteiger partial charge in [0.15, 0.2) is 0 Å². The first-order valence-electron chi connectivity index (χ1n) is 6.59. The van der Waals surface area contributed by atoms with Crippen LogP contribution in [0.2, 0.25) is 0 Å². The summed E-state index contributed by atoms with van der Waals surface area (Å²) in [7, 11) is 0. The van der Waals surface area contributed by atoms with Gasteiger partial charge in [0.25, 0.3) is 0 Å². The molecule has 19 heavy (non-hydrogen) atoms. The fourth-order valence-electron chi connectivity index (χ4n) is 2.22. The third kappa shape index (κ3) is 3.51. The fraction of sp³-hybridized carbons (Fsp3) is 0.333. The van der Waals surface area contributed by atoms with Crippen LogP contribution in [0, 0.1) is 0 Å². The third-order valence-electron chi connectivity index (χ3n) is 3.27. The highest BCUT2D eigenvalue weighted by Gasteiger charge is 2.10. The number of nitrogens with two attached hydrogens (primary N) is 1. The Labute approximate surface area is 113 Å². The van der Waals surface area contributed by atoms with E-state index in [0.29, 0.717) is 13.0 Å². The molecular formula is C15H19N3O. The maximum atomic E-state index is 10.8. The van der Waals surface area contributed by atoms with Gasteiger partial charge >= 0.3 is 0 Å². The van der Waals surface area contributed by atoms with Crippen molar-refractivity contribution in [2.75, 3.05) is 6.54 Å². The lowest BCUT2D eigenvalue weighted by molar-refractivity contribution is -0.108. The van der Waals surface area contributed by atoms with Crippen LogP contribution in [-0.4, -0.2) is 22.6 Å². The van der Waals surface area contributed by atoms with E-state index in [9.17, 15) is 4.79 Å². The molecule has 0 aliphatic carbocycles. The number of hydrogen-bond donors (Lipinski definition) is 1. The summed E-state index contributed by atoms with van der Waals surface area (Å²) in [6.45, 7) is 0.667. The first kappa shape index (κ1) is 13.5. The van der Waals surface area contributed by atoms with E-state index in [-0.39, 0.29) is 5.92 Å². The van der Waals surface area contributed by atoms with Crippen molar-refractivity contribution in [2.24, 2.45) is 5.73 Å². The van der Waals surface area contributed by atoms with Crippen LogP contribution in [0.5, 0.6) is 0 Å². The van der Waals surface area contributed by atoms with Gasteiger partial charge in [-0.2, -0.15) is 5.10 Å². The Morgan fingerprint density at radius 1 is 1.32 bits per heavy atom. The molecule has 0 aliphatic heterocycles. The lowest BCUT2D eigenvalue weighted by Gasteiger charge is -2.14. The molecule has 2 rings (SSSR count). The number of aromatic nitrogens is 2. The van der Waals surface area contributed by atoms with Crippen LogP contribution in [0.25, 0.3) is 5.69 Å². The molecular weight excluding hydrogens is 238 g/mol. The van der Waals surface area contributed by atoms with Gasteiger partial charge in [-0.25, -0.2) is 4.68 Å². The van der Waals surface area contributed by atoms with Gasteiger partial charge in [0.05, 0.1) is 5.69 Å². The highest BCUT2D eigenvalue weighted by molar-refractivity contribution is 5.52. The van der Waals surface area contributed by atoms with E-state index in [4.69, 9.17) is 5.73 Å². The molecule has 1 aromatic heterocycles. The number of carbonyl (C=O) groups excluding carboxylic acids is 1. The van der Waals surface area contributed by atoms with E-state index in [0.717, 1.165) is 24.8 Å². The standard InChI is InChI=1S/C15H19N3O/c16-9-1-3-13(8-12-19)14-4-6-15(7-5-14)18-11-2-10-17-18/h2,4-7,10-13H,1,3,8-9,16H2. The summed E-state index contributed by atoms with van der Waals surface area (Å²) >= 11 is 0. The minimum Gasteiger partial charge on any atom is -0.330 e. The van der Waals surface area contributed by atoms with E-state index >= 15 is 0 Å². The van der Waals surface area contributed by atoms with Crippen molar-refractivity contribution in [1.29, 1.82) is 0 Å². The highest BCUT2D eigenvalue weighted by atomic mass is 16.1. The van der Waals surface area contributed by atoms with Crippen molar-refractivity contribution in [3.63, 3.8) is 0 Å². The summed E-state index contributed by atoms with van der Waals surface area (Å²) in [6, 6.07) is 10.1. The van der Waals surface area contributed by atoms with Crippen LogP contribution in [-0.2, 0) is 4.79 Å². The second kappa shape index (κ2) is 6.85. The second-order valence-corrected chi connectivity index (χ2v) is 4.57. The maximum absolute atomic E-state index is 10.8. The Morgan fingerprint density at radius 3 is 2.68 bits per heavy atom. The van der Waals surface area contributed by atoms with E-state index in [1.54, 1.807) is 6.20 Å². The Hall–Kier alpha value is -1.94. The van der Waals surface area contributed by atoms with Crippen LogP contribution in [0.4, 0.5) is 0 Å². The molecule has 1 heterocycles. The minimum absolute atomic E-state index is 0.271. The second-order valence-electron chi connectivity index (χ2n) is 4.57. The number of benzene rings is 1. The summed E-state index contributed by atoms with van der Waals surface area (Å²) < 4.78 is 1.82. The van der Waals surface area contributed by atoms with Gasteiger partial charge in [-0.05, 0) is 49.1 Å². The Morgan fingerprint density at radius 2 is 2.11 bits per heavy atom. The van der Waals surface area contributed by atoms with Crippen molar-refractivity contribution < 1.29 is 4.79 Å². The van der Waals surface area contributed by atoms with Gasteiger partial charge in [-0.1, -0.05) is 12.1 Å². The molecule has 100 valence electrons. The molecule has 0 radical (unpaired) electrons. The summed E-state index contributed by atoms with van der Waals surface area (Å²) in [4.78, 5) is 10.8. The van der Waals surface area contributed by atoms with E-state index in [1.807, 2.05) is 29.1 Å². The fourth-order valence-corrected chi connectivity index (χ4v) is 2.22. The predicted molar refractivity (Wildman–Crippen MR) is 75.3 cm³/mol. The molecule has 2 aromatic rings. The predicted octanol–water partition coefficient (Wildman–Crippen LogP) is 2.28. The van der Waals surface area contributed by atoms with Crippen molar-refractivity contribution >= 4 is 6.29 Å². The SMILES string of the molecule is NCCCC(CC=O)c1ccc(-n2cccn2)cc1. The molecule has 1 aromatic carbocycles. The summed E-state index contributed by atoms with van der Waals surface area (Å²) in [5.41, 5.74) is 7.76. The highest BCUT2D eigenvalue weighted by Crippen LogP contribution is 2.24. The molecule has 0 aliphatic rings. The van der Waals surface area contributed by atoms with Crippen molar-refractivity contribution in [3.05, 3.63) is 48.3 Å². The average Bonchev–Trinajstić information content (AvgIpc) is 2.98. The van der Waals surface area contributed by atoms with Gasteiger partial charge in [-0.15, -0.1) is 0 Å². The van der Waals surface area contributed by atoms with Gasteiger partial charge < -0.3 is 10.5 Å². The van der Waals surface area contributed by atoms with Crippen molar-refractivity contribution in [2.45, 2.75) is 25.2 Å². The molecule has 0 spiro atoms. The molecule has 0 saturated heterocycles. The maximum Gasteiger partial charge on any atom is 0.120 e. The number of nitrogens with zero attached hydrogens (tertiary/aromatic N) is 2. The van der Waals surface area contributed by atoms with E-state index < -0.39 is 0 Å². The molecule has 0 fully saturated rings. The zero-order chi connectivity index (χ0) is 13.5. The zero-order valence-electron chi connectivity index (χ0n) is 10.9. The van der Waals surface area contributed by atoms with Crippen molar-refractivity contribution in [1.82, 2.24) is 9.78 Å². The van der Waals surface area contributed by atoms with E-state index in [1.165, 1.54) is 5.56 Å². The van der Waals surface area contributed by atoms with E-state index in [2.05, 4.69) is 17.2 Å². The van der Waals surface area contributed by atoms with Gasteiger partial charge in [0, 0.05) is 18.8 Å². The molecule has 0 bridgehead atoms. The normalized spacial score (nSPS) is 12.3. The van der Waals surface area contributed by atoms with Gasteiger partial charge in [0.1, 0.15) is 6.29 Å². The zero-order valence-corrected chi connectivity index (χ0v) is 10.9. The third-order valence-corrected chi connectivity index (χ3v) is 3.27. The smallest absolute Gasteiger partial charge is 0.120 e. The van der Waals surface area contributed by atoms with Gasteiger partial charge in [0.2, 0.25) is 0 Å². The molecule has 2 N–H and O–H groups in total. The number of hydrogen-bond acceptors (Lipinski definition) is 3. The lowest BCUT2D eigenvalue weighted by Crippen LogP contribution is -2.05. The Balaban J connectivity index is 2.13. The molecule has 0 amide bonds. The van der Waals surface area contributed by atoms with Crippen molar-refractivity contribution in [3.8, 4) is 5.69 Å². The topological polar surface area (TPSA) is 60.9 Å². The molecule has 4 nitrogen and oxygen atoms in total. The quantitative estimate of drug-likeness (QED) is 0.774. The monoisotopic (exact) mass is 257 g/mol.